The summed E-state index contributed by atoms with van der Waals surface area (Å²) >= 11 is 1.87. The zero-order chi connectivity index (χ0) is 39.6. The first kappa shape index (κ1) is 34.6. The number of furan rings is 1. The van der Waals surface area contributed by atoms with Gasteiger partial charge in [0.1, 0.15) is 11.2 Å². The third-order valence-corrected chi connectivity index (χ3v) is 13.2. The number of rotatable bonds is 7. The van der Waals surface area contributed by atoms with E-state index in [1.165, 1.54) is 69.2 Å². The van der Waals surface area contributed by atoms with Crippen molar-refractivity contribution in [1.29, 1.82) is 0 Å². The van der Waals surface area contributed by atoms with Crippen molar-refractivity contribution >= 4 is 114 Å². The molecule has 0 fully saturated rings. The monoisotopic (exact) mass is 783 g/mol. The lowest BCUT2D eigenvalue weighted by atomic mass is 9.89. The van der Waals surface area contributed by atoms with Gasteiger partial charge in [0.15, 0.2) is 0 Å². The molecule has 2 heterocycles. The molecule has 0 spiro atoms. The van der Waals surface area contributed by atoms with E-state index in [1.54, 1.807) is 0 Å². The fraction of sp³-hybridized carbons (Fsp3) is 0.0175. The number of hydrogen-bond acceptors (Lipinski definition) is 3. The van der Waals surface area contributed by atoms with Crippen molar-refractivity contribution in [2.24, 2.45) is 0 Å². The summed E-state index contributed by atoms with van der Waals surface area (Å²) in [5.74, 6) is 0. The Morgan fingerprint density at radius 2 is 1.10 bits per heavy atom. The van der Waals surface area contributed by atoms with Crippen LogP contribution in [0.15, 0.2) is 211 Å². The number of para-hydroxylation sites is 2. The van der Waals surface area contributed by atoms with E-state index in [2.05, 4.69) is 205 Å². The maximum atomic E-state index is 6.24. The van der Waals surface area contributed by atoms with Crippen molar-refractivity contribution in [2.45, 2.75) is 6.42 Å². The number of fused-ring (bicyclic) bond motifs is 10. The predicted octanol–water partition coefficient (Wildman–Crippen LogP) is 16.7. The summed E-state index contributed by atoms with van der Waals surface area (Å²) in [7, 11) is 0. The van der Waals surface area contributed by atoms with Crippen LogP contribution in [0, 0.1) is 0 Å². The van der Waals surface area contributed by atoms with Crippen LogP contribution in [0.4, 0.5) is 17.1 Å². The second kappa shape index (κ2) is 14.1. The Bertz CT molecular complexity index is 3640. The second-order valence-electron chi connectivity index (χ2n) is 15.7. The lowest BCUT2D eigenvalue weighted by Gasteiger charge is -2.27. The largest absolute Gasteiger partial charge is 0.456 e. The summed E-state index contributed by atoms with van der Waals surface area (Å²) in [6.45, 7) is 0. The summed E-state index contributed by atoms with van der Waals surface area (Å²) in [4.78, 5) is 2.40. The normalized spacial score (nSPS) is 12.2. The van der Waals surface area contributed by atoms with E-state index >= 15 is 0 Å². The lowest BCUT2D eigenvalue weighted by molar-refractivity contribution is 0.669. The first-order chi connectivity index (χ1) is 29.7. The number of thiophene rings is 1. The van der Waals surface area contributed by atoms with Crippen LogP contribution in [0.3, 0.4) is 0 Å². The summed E-state index contributed by atoms with van der Waals surface area (Å²) in [5.41, 5.74) is 10.2. The van der Waals surface area contributed by atoms with Crippen LogP contribution >= 0.6 is 11.3 Å². The summed E-state index contributed by atoms with van der Waals surface area (Å²) in [6, 6.07) is 75.0. The highest BCUT2D eigenvalue weighted by Gasteiger charge is 2.18. The molecule has 10 aromatic carbocycles. The molecule has 0 atom stereocenters. The molecule has 2 aromatic heterocycles. The van der Waals surface area contributed by atoms with E-state index < -0.39 is 0 Å². The van der Waals surface area contributed by atoms with Gasteiger partial charge >= 0.3 is 0 Å². The van der Waals surface area contributed by atoms with Crippen molar-refractivity contribution in [1.82, 2.24) is 0 Å². The standard InChI is InChI=1S/C57H37NOS/c1-2-16-42(17-3-1)58(53-23-12-15-39-13-4-7-19-45(39)53)43-27-30-57-52(36-43)51-34-38(26-29-56(51)60-57)32-41(31-37-25-28-55-50(33-37)48-22-10-11-24-54(48)59-55)49-35-40-14-5-6-18-44(40)46-20-8-9-21-47(46)49/h1-31,33-36H,32H2/b41-31-. The van der Waals surface area contributed by atoms with Crippen molar-refractivity contribution in [3.05, 3.63) is 223 Å². The minimum atomic E-state index is 0.769. The molecule has 3 heteroatoms. The number of anilines is 3. The Balaban J connectivity index is 1.02. The van der Waals surface area contributed by atoms with Gasteiger partial charge < -0.3 is 9.32 Å². The molecule has 0 saturated heterocycles. The molecule has 282 valence electrons. The molecule has 0 bridgehead atoms. The third-order valence-electron chi connectivity index (χ3n) is 12.0. The minimum absolute atomic E-state index is 0.769. The smallest absolute Gasteiger partial charge is 0.135 e. The molecule has 0 unspecified atom stereocenters. The predicted molar refractivity (Wildman–Crippen MR) is 258 cm³/mol. The van der Waals surface area contributed by atoms with Crippen LogP contribution in [-0.4, -0.2) is 0 Å². The molecule has 60 heavy (non-hydrogen) atoms. The molecule has 0 saturated carbocycles. The Morgan fingerprint density at radius 1 is 0.433 bits per heavy atom. The topological polar surface area (TPSA) is 16.4 Å². The Morgan fingerprint density at radius 3 is 1.97 bits per heavy atom. The Labute approximate surface area is 351 Å². The van der Waals surface area contributed by atoms with Gasteiger partial charge in [-0.3, -0.25) is 0 Å². The first-order valence-electron chi connectivity index (χ1n) is 20.5. The van der Waals surface area contributed by atoms with Gasteiger partial charge in [-0.2, -0.15) is 0 Å². The van der Waals surface area contributed by atoms with Gasteiger partial charge in [-0.15, -0.1) is 11.3 Å². The highest BCUT2D eigenvalue weighted by molar-refractivity contribution is 7.25. The molecule has 12 rings (SSSR count). The van der Waals surface area contributed by atoms with Gasteiger partial charge in [0, 0.05) is 47.7 Å². The van der Waals surface area contributed by atoms with Gasteiger partial charge in [0.05, 0.1) is 5.69 Å². The zero-order valence-corrected chi connectivity index (χ0v) is 33.5. The number of hydrogen-bond donors (Lipinski definition) is 0. The fourth-order valence-electron chi connectivity index (χ4n) is 9.27. The number of nitrogens with zero attached hydrogens (tertiary/aromatic N) is 1. The van der Waals surface area contributed by atoms with E-state index in [4.69, 9.17) is 4.42 Å². The van der Waals surface area contributed by atoms with Gasteiger partial charge in [-0.1, -0.05) is 140 Å². The van der Waals surface area contributed by atoms with Crippen LogP contribution in [0.5, 0.6) is 0 Å². The number of allylic oxidation sites excluding steroid dienone is 1. The molecule has 0 N–H and O–H groups in total. The molecule has 0 aliphatic carbocycles. The van der Waals surface area contributed by atoms with Crippen LogP contribution < -0.4 is 4.90 Å². The molecule has 0 aliphatic heterocycles. The maximum Gasteiger partial charge on any atom is 0.135 e. The van der Waals surface area contributed by atoms with Gasteiger partial charge in [-0.25, -0.2) is 0 Å². The van der Waals surface area contributed by atoms with E-state index in [-0.39, 0.29) is 0 Å². The van der Waals surface area contributed by atoms with Crippen LogP contribution in [0.25, 0.3) is 86.1 Å². The highest BCUT2D eigenvalue weighted by atomic mass is 32.1. The Hall–Kier alpha value is -7.46. The maximum absolute atomic E-state index is 6.24. The molecule has 12 aromatic rings. The van der Waals surface area contributed by atoms with Gasteiger partial charge in [0.25, 0.3) is 0 Å². The molecule has 0 aliphatic rings. The van der Waals surface area contributed by atoms with Crippen LogP contribution in [0.2, 0.25) is 0 Å². The van der Waals surface area contributed by atoms with Crippen LogP contribution in [-0.2, 0) is 6.42 Å². The average Bonchev–Trinajstić information content (AvgIpc) is 3.86. The van der Waals surface area contributed by atoms with E-state index in [9.17, 15) is 0 Å². The summed E-state index contributed by atoms with van der Waals surface area (Å²) in [6.07, 6.45) is 3.17. The molecular formula is C57H37NOS. The van der Waals surface area contributed by atoms with Crippen LogP contribution in [0.1, 0.15) is 16.7 Å². The molecule has 0 radical (unpaired) electrons. The first-order valence-corrected chi connectivity index (χ1v) is 21.3. The van der Waals surface area contributed by atoms with Crippen molar-refractivity contribution in [3.8, 4) is 0 Å². The lowest BCUT2D eigenvalue weighted by Crippen LogP contribution is -2.10. The minimum Gasteiger partial charge on any atom is -0.456 e. The Kier molecular flexibility index (Phi) is 8.14. The van der Waals surface area contributed by atoms with Crippen molar-refractivity contribution < 1.29 is 4.42 Å². The molecular weight excluding hydrogens is 747 g/mol. The average molecular weight is 784 g/mol. The fourth-order valence-corrected chi connectivity index (χ4v) is 10.3. The number of benzene rings is 10. The van der Waals surface area contributed by atoms with Crippen molar-refractivity contribution in [3.63, 3.8) is 0 Å². The second-order valence-corrected chi connectivity index (χ2v) is 16.8. The zero-order valence-electron chi connectivity index (χ0n) is 32.7. The molecule has 2 nitrogen and oxygen atoms in total. The summed E-state index contributed by atoms with van der Waals surface area (Å²) < 4.78 is 8.82. The van der Waals surface area contributed by atoms with E-state index in [1.807, 2.05) is 23.5 Å². The SMILES string of the molecule is C(=C(\Cc1ccc2sc3ccc(N(c4ccccc4)c4cccc5ccccc45)cc3c2c1)c1cc2ccccc2c2ccccc12)/c1ccc2oc3ccccc3c2c1. The summed E-state index contributed by atoms with van der Waals surface area (Å²) in [5, 5.41) is 12.3. The third kappa shape index (κ3) is 5.86. The van der Waals surface area contributed by atoms with Gasteiger partial charge in [0.2, 0.25) is 0 Å². The van der Waals surface area contributed by atoms with Gasteiger partial charge in [-0.05, 0) is 128 Å². The van der Waals surface area contributed by atoms with E-state index in [0.717, 1.165) is 51.0 Å². The molecule has 0 amide bonds. The highest BCUT2D eigenvalue weighted by Crippen LogP contribution is 2.44. The quantitative estimate of drug-likeness (QED) is 0.118. The van der Waals surface area contributed by atoms with Crippen molar-refractivity contribution in [2.75, 3.05) is 4.90 Å². The van der Waals surface area contributed by atoms with E-state index in [0.29, 0.717) is 0 Å².